The lowest BCUT2D eigenvalue weighted by Crippen LogP contribution is -2.42. The monoisotopic (exact) mass is 375 g/mol. The molecule has 1 atom stereocenters. The average Bonchev–Trinajstić information content (AvgIpc) is 2.61. The Kier molecular flexibility index (Phi) is 6.12. The van der Waals surface area contributed by atoms with Crippen LogP contribution in [0.4, 0.5) is 0 Å². The van der Waals surface area contributed by atoms with Crippen LogP contribution >= 0.6 is 0 Å². The first-order valence-electron chi connectivity index (χ1n) is 7.89. The maximum absolute atomic E-state index is 12.4. The highest BCUT2D eigenvalue weighted by Crippen LogP contribution is 2.13. The van der Waals surface area contributed by atoms with Crippen LogP contribution in [0.15, 0.2) is 54.6 Å². The Bertz CT molecular complexity index is 898. The molecule has 2 rings (SSSR count). The van der Waals surface area contributed by atoms with Crippen LogP contribution in [0.1, 0.15) is 39.2 Å². The second kappa shape index (κ2) is 8.11. The molecule has 0 radical (unpaired) electrons. The number of hydrazine groups is 1. The molecular formula is C18H21N3O4S. The lowest BCUT2D eigenvalue weighted by atomic mass is 10.1. The van der Waals surface area contributed by atoms with Crippen molar-refractivity contribution in [3.63, 3.8) is 0 Å². The highest BCUT2D eigenvalue weighted by Gasteiger charge is 2.17. The van der Waals surface area contributed by atoms with Gasteiger partial charge in [-0.1, -0.05) is 36.4 Å². The summed E-state index contributed by atoms with van der Waals surface area (Å²) < 4.78 is 23.5. The van der Waals surface area contributed by atoms with Gasteiger partial charge in [-0.05, 0) is 30.7 Å². The number of nitrogens with zero attached hydrogens (tertiary/aromatic N) is 1. The average molecular weight is 375 g/mol. The minimum atomic E-state index is -3.56. The van der Waals surface area contributed by atoms with Crippen LogP contribution < -0.4 is 10.7 Å². The quantitative estimate of drug-likeness (QED) is 0.752. The van der Waals surface area contributed by atoms with Crippen molar-refractivity contribution in [1.29, 1.82) is 0 Å². The molecule has 2 amide bonds. The van der Waals surface area contributed by atoms with Crippen LogP contribution in [0.2, 0.25) is 0 Å². The Balaban J connectivity index is 2.10. The summed E-state index contributed by atoms with van der Waals surface area (Å²) in [6, 6.07) is 15.4. The van der Waals surface area contributed by atoms with E-state index in [0.29, 0.717) is 5.56 Å². The fourth-order valence-electron chi connectivity index (χ4n) is 2.20. The standard InChI is InChI=1S/C18H21N3O4S/c1-13(14-8-5-4-6-9-14)19-17(22)15-10-7-11-16(12-15)18(23)20-21(2)26(3,24)25/h4-13H,1-3H3,(H,19,22)(H,20,23)/t13-/m1/s1. The van der Waals surface area contributed by atoms with Crippen molar-refractivity contribution in [3.05, 3.63) is 71.3 Å². The van der Waals surface area contributed by atoms with Crippen molar-refractivity contribution in [2.24, 2.45) is 0 Å². The van der Waals surface area contributed by atoms with E-state index in [9.17, 15) is 18.0 Å². The van der Waals surface area contributed by atoms with Gasteiger partial charge in [0.2, 0.25) is 10.0 Å². The third-order valence-corrected chi connectivity index (χ3v) is 4.88. The molecule has 0 heterocycles. The molecule has 0 aliphatic heterocycles. The molecule has 2 aromatic rings. The van der Waals surface area contributed by atoms with Crippen molar-refractivity contribution in [2.45, 2.75) is 13.0 Å². The molecule has 0 aliphatic rings. The van der Waals surface area contributed by atoms with Crippen molar-refractivity contribution >= 4 is 21.8 Å². The molecule has 7 nitrogen and oxygen atoms in total. The van der Waals surface area contributed by atoms with Crippen molar-refractivity contribution in [1.82, 2.24) is 15.2 Å². The molecule has 0 unspecified atom stereocenters. The van der Waals surface area contributed by atoms with E-state index < -0.39 is 15.9 Å². The minimum absolute atomic E-state index is 0.181. The summed E-state index contributed by atoms with van der Waals surface area (Å²) in [4.78, 5) is 24.6. The third-order valence-electron chi connectivity index (χ3n) is 3.79. The Labute approximate surface area is 153 Å². The van der Waals surface area contributed by atoms with E-state index in [1.54, 1.807) is 12.1 Å². The number of carbonyl (C=O) groups is 2. The van der Waals surface area contributed by atoms with Gasteiger partial charge >= 0.3 is 0 Å². The first-order chi connectivity index (χ1) is 12.2. The summed E-state index contributed by atoms with van der Waals surface area (Å²) in [5.74, 6) is -0.948. The Morgan fingerprint density at radius 1 is 0.962 bits per heavy atom. The largest absolute Gasteiger partial charge is 0.346 e. The topological polar surface area (TPSA) is 95.6 Å². The van der Waals surface area contributed by atoms with Gasteiger partial charge in [-0.2, -0.15) is 0 Å². The molecule has 0 aromatic heterocycles. The zero-order chi connectivity index (χ0) is 19.3. The summed E-state index contributed by atoms with van der Waals surface area (Å²) in [7, 11) is -2.33. The van der Waals surface area contributed by atoms with Crippen molar-refractivity contribution in [3.8, 4) is 0 Å². The van der Waals surface area contributed by atoms with Gasteiger partial charge in [0.25, 0.3) is 11.8 Å². The molecule has 0 aliphatic carbocycles. The van der Waals surface area contributed by atoms with Crippen molar-refractivity contribution < 1.29 is 18.0 Å². The number of amides is 2. The Hall–Kier alpha value is -2.71. The molecule has 0 bridgehead atoms. The predicted molar refractivity (Wildman–Crippen MR) is 98.8 cm³/mol. The Morgan fingerprint density at radius 3 is 2.12 bits per heavy atom. The van der Waals surface area contributed by atoms with Gasteiger partial charge in [-0.25, -0.2) is 8.42 Å². The predicted octanol–water partition coefficient (Wildman–Crippen LogP) is 1.71. The molecule has 0 saturated heterocycles. The van der Waals surface area contributed by atoms with Crippen LogP contribution in [0.25, 0.3) is 0 Å². The molecule has 0 spiro atoms. The minimum Gasteiger partial charge on any atom is -0.346 e. The van der Waals surface area contributed by atoms with E-state index in [0.717, 1.165) is 16.2 Å². The number of benzene rings is 2. The maximum Gasteiger partial charge on any atom is 0.266 e. The Morgan fingerprint density at radius 2 is 1.54 bits per heavy atom. The van der Waals surface area contributed by atoms with Gasteiger partial charge in [-0.15, -0.1) is 4.41 Å². The smallest absolute Gasteiger partial charge is 0.266 e. The summed E-state index contributed by atoms with van der Waals surface area (Å²) in [6.45, 7) is 1.87. The van der Waals surface area contributed by atoms with Crippen molar-refractivity contribution in [2.75, 3.05) is 13.3 Å². The van der Waals surface area contributed by atoms with E-state index in [2.05, 4.69) is 10.7 Å². The lowest BCUT2D eigenvalue weighted by Gasteiger charge is -2.16. The number of rotatable bonds is 6. The highest BCUT2D eigenvalue weighted by atomic mass is 32.2. The van der Waals surface area contributed by atoms with Crippen LogP contribution in [0.3, 0.4) is 0 Å². The first kappa shape index (κ1) is 19.6. The number of carbonyl (C=O) groups excluding carboxylic acids is 2. The highest BCUT2D eigenvalue weighted by molar-refractivity contribution is 7.88. The fraction of sp³-hybridized carbons (Fsp3) is 0.222. The summed E-state index contributed by atoms with van der Waals surface area (Å²) in [5, 5.41) is 2.87. The van der Waals surface area contributed by atoms with E-state index >= 15 is 0 Å². The number of sulfonamides is 1. The van der Waals surface area contributed by atoms with E-state index in [1.807, 2.05) is 37.3 Å². The number of nitrogens with one attached hydrogen (secondary N) is 2. The van der Waals surface area contributed by atoms with Gasteiger partial charge in [0.1, 0.15) is 0 Å². The van der Waals surface area contributed by atoms with E-state index in [-0.39, 0.29) is 17.5 Å². The van der Waals surface area contributed by atoms with E-state index in [1.165, 1.54) is 19.2 Å². The van der Waals surface area contributed by atoms with Gasteiger partial charge in [0.05, 0.1) is 12.3 Å². The second-order valence-electron chi connectivity index (χ2n) is 5.86. The van der Waals surface area contributed by atoms with Crippen LogP contribution in [0, 0.1) is 0 Å². The van der Waals surface area contributed by atoms with Crippen LogP contribution in [0.5, 0.6) is 0 Å². The van der Waals surface area contributed by atoms with Gasteiger partial charge in [0, 0.05) is 18.2 Å². The lowest BCUT2D eigenvalue weighted by molar-refractivity contribution is 0.0894. The molecular weight excluding hydrogens is 354 g/mol. The molecule has 2 N–H and O–H groups in total. The van der Waals surface area contributed by atoms with Gasteiger partial charge < -0.3 is 5.32 Å². The summed E-state index contributed by atoms with van der Waals surface area (Å²) >= 11 is 0. The zero-order valence-corrected chi connectivity index (χ0v) is 15.6. The molecule has 138 valence electrons. The summed E-state index contributed by atoms with van der Waals surface area (Å²) in [5.41, 5.74) is 3.69. The fourth-order valence-corrected chi connectivity index (χ4v) is 2.45. The normalized spacial score (nSPS) is 12.5. The van der Waals surface area contributed by atoms with Crippen LogP contribution in [-0.2, 0) is 10.0 Å². The maximum atomic E-state index is 12.4. The third kappa shape index (κ3) is 5.14. The summed E-state index contributed by atoms with van der Waals surface area (Å²) in [6.07, 6.45) is 0.974. The molecule has 0 saturated carbocycles. The van der Waals surface area contributed by atoms with Gasteiger partial charge in [0.15, 0.2) is 0 Å². The first-order valence-corrected chi connectivity index (χ1v) is 9.74. The molecule has 8 heteroatoms. The zero-order valence-electron chi connectivity index (χ0n) is 14.8. The van der Waals surface area contributed by atoms with Crippen LogP contribution in [-0.4, -0.2) is 37.9 Å². The molecule has 26 heavy (non-hydrogen) atoms. The van der Waals surface area contributed by atoms with E-state index in [4.69, 9.17) is 0 Å². The SMILES string of the molecule is C[C@@H](NC(=O)c1cccc(C(=O)NN(C)S(C)(=O)=O)c1)c1ccccc1. The van der Waals surface area contributed by atoms with Gasteiger partial charge in [-0.3, -0.25) is 15.0 Å². The number of hydrogen-bond acceptors (Lipinski definition) is 4. The molecule has 2 aromatic carbocycles. The second-order valence-corrected chi connectivity index (χ2v) is 7.87. The molecule has 0 fully saturated rings. The number of hydrogen-bond donors (Lipinski definition) is 2.